The number of nitriles is 1. The molecule has 0 saturated heterocycles. The summed E-state index contributed by atoms with van der Waals surface area (Å²) in [4.78, 5) is 0. The summed E-state index contributed by atoms with van der Waals surface area (Å²) >= 11 is 0. The minimum Gasteiger partial charge on any atom is -0.326 e. The smallest absolute Gasteiger partial charge is 0.0669 e. The number of nitrogens with zero attached hydrogens (tertiary/aromatic N) is 1. The lowest BCUT2D eigenvalue weighted by Gasteiger charge is -2.04. The standard InChI is InChI=1S/C10H12N2/c1-8-2-3-9(4-5-11)10(6-8)7-12/h2-3,6H,4,7,12H2,1H3. The zero-order valence-corrected chi connectivity index (χ0v) is 7.17. The van der Waals surface area contributed by atoms with Gasteiger partial charge in [0.25, 0.3) is 0 Å². The normalized spacial score (nSPS) is 9.42. The minimum atomic E-state index is 0.451. The molecule has 0 radical (unpaired) electrons. The van der Waals surface area contributed by atoms with E-state index in [1.54, 1.807) is 0 Å². The van der Waals surface area contributed by atoms with Gasteiger partial charge in [0.2, 0.25) is 0 Å². The van der Waals surface area contributed by atoms with E-state index in [0.29, 0.717) is 13.0 Å². The van der Waals surface area contributed by atoms with E-state index in [1.807, 2.05) is 25.1 Å². The Kier molecular flexibility index (Phi) is 2.84. The molecule has 0 unspecified atom stereocenters. The molecule has 1 rings (SSSR count). The van der Waals surface area contributed by atoms with Gasteiger partial charge in [0.05, 0.1) is 12.5 Å². The van der Waals surface area contributed by atoms with Gasteiger partial charge in [-0.25, -0.2) is 0 Å². The predicted octanol–water partition coefficient (Wildman–Crippen LogP) is 1.52. The minimum absolute atomic E-state index is 0.451. The maximum Gasteiger partial charge on any atom is 0.0669 e. The molecule has 0 amide bonds. The number of nitrogens with two attached hydrogens (primary N) is 1. The van der Waals surface area contributed by atoms with Crippen LogP contribution in [0.3, 0.4) is 0 Å². The average Bonchev–Trinajstić information content (AvgIpc) is 2.08. The van der Waals surface area contributed by atoms with Crippen LogP contribution in [0.2, 0.25) is 0 Å². The summed E-state index contributed by atoms with van der Waals surface area (Å²) in [5, 5.41) is 8.52. The molecule has 0 fully saturated rings. The van der Waals surface area contributed by atoms with Crippen molar-refractivity contribution in [2.24, 2.45) is 5.73 Å². The van der Waals surface area contributed by atoms with Gasteiger partial charge < -0.3 is 5.73 Å². The lowest BCUT2D eigenvalue weighted by Crippen LogP contribution is -2.01. The third-order valence-electron chi connectivity index (χ3n) is 1.85. The van der Waals surface area contributed by atoms with E-state index in [9.17, 15) is 0 Å². The number of rotatable bonds is 2. The van der Waals surface area contributed by atoms with E-state index in [-0.39, 0.29) is 0 Å². The van der Waals surface area contributed by atoms with Gasteiger partial charge >= 0.3 is 0 Å². The number of hydrogen-bond acceptors (Lipinski definition) is 2. The van der Waals surface area contributed by atoms with Crippen LogP contribution in [0.5, 0.6) is 0 Å². The molecule has 0 bridgehead atoms. The molecule has 0 aliphatic heterocycles. The zero-order chi connectivity index (χ0) is 8.97. The van der Waals surface area contributed by atoms with Crippen LogP contribution < -0.4 is 5.73 Å². The van der Waals surface area contributed by atoms with Gasteiger partial charge in [0.1, 0.15) is 0 Å². The molecule has 0 spiro atoms. The highest BCUT2D eigenvalue weighted by Gasteiger charge is 1.99. The maximum absolute atomic E-state index is 8.52. The van der Waals surface area contributed by atoms with Crippen molar-refractivity contribution < 1.29 is 0 Å². The van der Waals surface area contributed by atoms with Crippen molar-refractivity contribution in [3.8, 4) is 6.07 Å². The van der Waals surface area contributed by atoms with Gasteiger partial charge in [-0.3, -0.25) is 0 Å². The summed E-state index contributed by atoms with van der Waals surface area (Å²) < 4.78 is 0. The molecule has 1 aromatic rings. The third kappa shape index (κ3) is 1.84. The van der Waals surface area contributed by atoms with E-state index in [4.69, 9.17) is 11.0 Å². The van der Waals surface area contributed by atoms with E-state index >= 15 is 0 Å². The van der Waals surface area contributed by atoms with Crippen molar-refractivity contribution in [3.63, 3.8) is 0 Å². The fraction of sp³-hybridized carbons (Fsp3) is 0.300. The molecular formula is C10H12N2. The topological polar surface area (TPSA) is 49.8 Å². The van der Waals surface area contributed by atoms with Crippen molar-refractivity contribution in [1.29, 1.82) is 5.26 Å². The van der Waals surface area contributed by atoms with Crippen molar-refractivity contribution in [2.75, 3.05) is 0 Å². The second kappa shape index (κ2) is 3.89. The highest BCUT2D eigenvalue weighted by atomic mass is 14.5. The van der Waals surface area contributed by atoms with Gasteiger partial charge in [-0.1, -0.05) is 23.8 Å². The fourth-order valence-electron chi connectivity index (χ4n) is 1.20. The van der Waals surface area contributed by atoms with E-state index < -0.39 is 0 Å². The molecule has 2 heteroatoms. The Balaban J connectivity index is 3.04. The summed E-state index contributed by atoms with van der Waals surface area (Å²) in [7, 11) is 0. The molecule has 1 aromatic carbocycles. The van der Waals surface area contributed by atoms with E-state index in [2.05, 4.69) is 6.07 Å². The number of hydrogen-bond donors (Lipinski definition) is 1. The highest BCUT2D eigenvalue weighted by Crippen LogP contribution is 2.11. The third-order valence-corrected chi connectivity index (χ3v) is 1.85. The molecule has 2 nitrogen and oxygen atoms in total. The summed E-state index contributed by atoms with van der Waals surface area (Å²) in [6.45, 7) is 2.54. The summed E-state index contributed by atoms with van der Waals surface area (Å²) in [5.74, 6) is 0. The van der Waals surface area contributed by atoms with Crippen molar-refractivity contribution >= 4 is 0 Å². The Labute approximate surface area is 72.6 Å². The van der Waals surface area contributed by atoms with Crippen LogP contribution in [0.25, 0.3) is 0 Å². The van der Waals surface area contributed by atoms with Crippen LogP contribution in [0, 0.1) is 18.3 Å². The van der Waals surface area contributed by atoms with Gasteiger partial charge in [0, 0.05) is 6.54 Å². The molecule has 0 saturated carbocycles. The second-order valence-corrected chi connectivity index (χ2v) is 2.81. The van der Waals surface area contributed by atoms with Crippen LogP contribution in [0.15, 0.2) is 18.2 Å². The van der Waals surface area contributed by atoms with E-state index in [0.717, 1.165) is 11.1 Å². The fourth-order valence-corrected chi connectivity index (χ4v) is 1.20. The lowest BCUT2D eigenvalue weighted by atomic mass is 10.0. The Hall–Kier alpha value is -1.33. The molecule has 0 atom stereocenters. The van der Waals surface area contributed by atoms with Crippen LogP contribution in [0.1, 0.15) is 16.7 Å². The molecule has 2 N–H and O–H groups in total. The zero-order valence-electron chi connectivity index (χ0n) is 7.17. The summed E-state index contributed by atoms with van der Waals surface area (Å²) in [6, 6.07) is 8.14. The number of aryl methyl sites for hydroxylation is 1. The second-order valence-electron chi connectivity index (χ2n) is 2.81. The van der Waals surface area contributed by atoms with Crippen molar-refractivity contribution in [2.45, 2.75) is 19.9 Å². The van der Waals surface area contributed by atoms with Crippen molar-refractivity contribution in [1.82, 2.24) is 0 Å². The van der Waals surface area contributed by atoms with Gasteiger partial charge in [-0.05, 0) is 18.1 Å². The first-order chi connectivity index (χ1) is 5.77. The number of benzene rings is 1. The van der Waals surface area contributed by atoms with Gasteiger partial charge in [0.15, 0.2) is 0 Å². The Morgan fingerprint density at radius 1 is 1.42 bits per heavy atom. The van der Waals surface area contributed by atoms with Crippen LogP contribution in [-0.4, -0.2) is 0 Å². The monoisotopic (exact) mass is 160 g/mol. The molecule has 0 aliphatic rings. The Morgan fingerprint density at radius 3 is 2.75 bits per heavy atom. The van der Waals surface area contributed by atoms with Crippen LogP contribution in [-0.2, 0) is 13.0 Å². The first kappa shape index (κ1) is 8.76. The Bertz CT molecular complexity index is 310. The lowest BCUT2D eigenvalue weighted by molar-refractivity contribution is 1.03. The first-order valence-corrected chi connectivity index (χ1v) is 3.93. The molecule has 0 heterocycles. The summed E-state index contributed by atoms with van der Waals surface area (Å²) in [5.41, 5.74) is 8.86. The first-order valence-electron chi connectivity index (χ1n) is 3.93. The maximum atomic E-state index is 8.52. The van der Waals surface area contributed by atoms with E-state index in [1.165, 1.54) is 5.56 Å². The van der Waals surface area contributed by atoms with Gasteiger partial charge in [-0.2, -0.15) is 5.26 Å². The molecule has 12 heavy (non-hydrogen) atoms. The highest BCUT2D eigenvalue weighted by molar-refractivity contribution is 5.33. The Morgan fingerprint density at radius 2 is 2.17 bits per heavy atom. The molecule has 62 valence electrons. The van der Waals surface area contributed by atoms with Crippen LogP contribution >= 0.6 is 0 Å². The molecular weight excluding hydrogens is 148 g/mol. The SMILES string of the molecule is Cc1ccc(CC#N)c(CN)c1. The largest absolute Gasteiger partial charge is 0.326 e. The van der Waals surface area contributed by atoms with Crippen LogP contribution in [0.4, 0.5) is 0 Å². The summed E-state index contributed by atoms with van der Waals surface area (Å²) in [6.07, 6.45) is 0.451. The molecule has 0 aliphatic carbocycles. The van der Waals surface area contributed by atoms with Crippen molar-refractivity contribution in [3.05, 3.63) is 34.9 Å². The average molecular weight is 160 g/mol. The predicted molar refractivity (Wildman–Crippen MR) is 48.4 cm³/mol. The quantitative estimate of drug-likeness (QED) is 0.713. The molecule has 0 aromatic heterocycles. The van der Waals surface area contributed by atoms with Gasteiger partial charge in [-0.15, -0.1) is 0 Å².